The van der Waals surface area contributed by atoms with Crippen LogP contribution in [0.5, 0.6) is 0 Å². The Morgan fingerprint density at radius 3 is 2.52 bits per heavy atom. The monoisotopic (exact) mass is 461 g/mol. The van der Waals surface area contributed by atoms with Gasteiger partial charge in [0.1, 0.15) is 9.88 Å². The van der Waals surface area contributed by atoms with Gasteiger partial charge in [0.05, 0.1) is 36.4 Å². The van der Waals surface area contributed by atoms with Crippen LogP contribution in [0.4, 0.5) is 5.00 Å². The summed E-state index contributed by atoms with van der Waals surface area (Å²) in [5, 5.41) is 3.70. The quantitative estimate of drug-likeness (QED) is 0.338. The molecule has 0 aliphatic heterocycles. The average Bonchev–Trinajstić information content (AvgIpc) is 3.09. The van der Waals surface area contributed by atoms with Crippen molar-refractivity contribution in [3.05, 3.63) is 50.6 Å². The van der Waals surface area contributed by atoms with Crippen molar-refractivity contribution < 1.29 is 23.9 Å². The standard InChI is InChI=1S/C20H19N3O6S2/c1-10-14(18(26)28-3)16(31-15(10)19(27)29-4)22-13(24)9-30-20-21-12-8-6-5-7-11(12)17(25)23(20)2/h5-8H,9H2,1-4H3,(H,22,24). The van der Waals surface area contributed by atoms with E-state index in [0.717, 1.165) is 23.1 Å². The lowest BCUT2D eigenvalue weighted by Gasteiger charge is -2.09. The number of esters is 2. The van der Waals surface area contributed by atoms with Crippen molar-refractivity contribution in [1.82, 2.24) is 9.55 Å². The predicted molar refractivity (Wildman–Crippen MR) is 118 cm³/mol. The number of hydrogen-bond donors (Lipinski definition) is 1. The number of fused-ring (bicyclic) bond motifs is 1. The molecule has 3 aromatic rings. The minimum atomic E-state index is -0.676. The second-order valence-electron chi connectivity index (χ2n) is 6.36. The van der Waals surface area contributed by atoms with Gasteiger partial charge in [-0.25, -0.2) is 14.6 Å². The number of thiophene rings is 1. The van der Waals surface area contributed by atoms with E-state index in [1.165, 1.54) is 18.8 Å². The number of aromatic nitrogens is 2. The second kappa shape index (κ2) is 9.31. The van der Waals surface area contributed by atoms with Gasteiger partial charge in [0.2, 0.25) is 5.91 Å². The first-order valence-electron chi connectivity index (χ1n) is 8.96. The Hall–Kier alpha value is -3.18. The highest BCUT2D eigenvalue weighted by Crippen LogP contribution is 2.34. The molecule has 0 bridgehead atoms. The van der Waals surface area contributed by atoms with Crippen molar-refractivity contribution >= 4 is 56.8 Å². The molecule has 0 unspecified atom stereocenters. The highest BCUT2D eigenvalue weighted by Gasteiger charge is 2.26. The van der Waals surface area contributed by atoms with Crippen LogP contribution in [0.2, 0.25) is 0 Å². The van der Waals surface area contributed by atoms with Crippen LogP contribution in [-0.2, 0) is 21.3 Å². The first-order chi connectivity index (χ1) is 14.8. The van der Waals surface area contributed by atoms with E-state index in [1.54, 1.807) is 38.2 Å². The zero-order chi connectivity index (χ0) is 22.7. The molecule has 0 saturated heterocycles. The van der Waals surface area contributed by atoms with Gasteiger partial charge in [0.15, 0.2) is 5.16 Å². The molecule has 162 valence electrons. The summed E-state index contributed by atoms with van der Waals surface area (Å²) in [6, 6.07) is 6.96. The Morgan fingerprint density at radius 2 is 1.84 bits per heavy atom. The molecular formula is C20H19N3O6S2. The first-order valence-corrected chi connectivity index (χ1v) is 10.8. The van der Waals surface area contributed by atoms with Crippen LogP contribution >= 0.6 is 23.1 Å². The first kappa shape index (κ1) is 22.5. The summed E-state index contributed by atoms with van der Waals surface area (Å²) in [4.78, 5) is 53.8. The molecular weight excluding hydrogens is 442 g/mol. The minimum absolute atomic E-state index is 0.0657. The Morgan fingerprint density at radius 1 is 1.16 bits per heavy atom. The maximum Gasteiger partial charge on any atom is 0.348 e. The van der Waals surface area contributed by atoms with Crippen LogP contribution in [0.15, 0.2) is 34.2 Å². The Kier molecular flexibility index (Phi) is 6.76. The van der Waals surface area contributed by atoms with Crippen molar-refractivity contribution in [1.29, 1.82) is 0 Å². The highest BCUT2D eigenvalue weighted by molar-refractivity contribution is 7.99. The van der Waals surface area contributed by atoms with E-state index in [-0.39, 0.29) is 26.8 Å². The molecule has 3 rings (SSSR count). The number of anilines is 1. The van der Waals surface area contributed by atoms with Crippen molar-refractivity contribution in [3.8, 4) is 0 Å². The number of methoxy groups -OCH3 is 2. The van der Waals surface area contributed by atoms with Crippen LogP contribution in [0.25, 0.3) is 10.9 Å². The third-order valence-electron chi connectivity index (χ3n) is 4.43. The van der Waals surface area contributed by atoms with Gasteiger partial charge in [-0.3, -0.25) is 14.2 Å². The van der Waals surface area contributed by atoms with Crippen molar-refractivity contribution in [2.24, 2.45) is 7.05 Å². The summed E-state index contributed by atoms with van der Waals surface area (Å²) in [7, 11) is 4.03. The van der Waals surface area contributed by atoms with Gasteiger partial charge in [-0.15, -0.1) is 11.3 Å². The predicted octanol–water partition coefficient (Wildman–Crippen LogP) is 2.61. The van der Waals surface area contributed by atoms with E-state index in [0.29, 0.717) is 21.6 Å². The van der Waals surface area contributed by atoms with Crippen LogP contribution in [0, 0.1) is 6.92 Å². The minimum Gasteiger partial charge on any atom is -0.465 e. The van der Waals surface area contributed by atoms with Gasteiger partial charge in [-0.1, -0.05) is 23.9 Å². The van der Waals surface area contributed by atoms with Crippen molar-refractivity contribution in [2.45, 2.75) is 12.1 Å². The van der Waals surface area contributed by atoms with Gasteiger partial charge >= 0.3 is 11.9 Å². The lowest BCUT2D eigenvalue weighted by Crippen LogP contribution is -2.21. The molecule has 11 heteroatoms. The molecule has 0 aliphatic rings. The number of rotatable bonds is 6. The number of nitrogens with one attached hydrogen (secondary N) is 1. The molecule has 1 amide bonds. The zero-order valence-electron chi connectivity index (χ0n) is 17.2. The lowest BCUT2D eigenvalue weighted by molar-refractivity contribution is -0.113. The number of hydrogen-bond acceptors (Lipinski definition) is 9. The van der Waals surface area contributed by atoms with Crippen LogP contribution < -0.4 is 10.9 Å². The largest absolute Gasteiger partial charge is 0.465 e. The smallest absolute Gasteiger partial charge is 0.348 e. The summed E-state index contributed by atoms with van der Waals surface area (Å²) in [6.07, 6.45) is 0. The van der Waals surface area contributed by atoms with Crippen LogP contribution in [0.3, 0.4) is 0 Å². The van der Waals surface area contributed by atoms with Crippen molar-refractivity contribution in [3.63, 3.8) is 0 Å². The molecule has 9 nitrogen and oxygen atoms in total. The van der Waals surface area contributed by atoms with Crippen LogP contribution in [0.1, 0.15) is 25.6 Å². The number of ether oxygens (including phenoxy) is 2. The topological polar surface area (TPSA) is 117 Å². The molecule has 2 heterocycles. The van der Waals surface area contributed by atoms with Crippen LogP contribution in [-0.4, -0.2) is 47.4 Å². The third-order valence-corrected chi connectivity index (χ3v) is 6.65. The lowest BCUT2D eigenvalue weighted by atomic mass is 10.1. The third kappa shape index (κ3) is 4.47. The number of carbonyl (C=O) groups excluding carboxylic acids is 3. The van der Waals surface area contributed by atoms with Gasteiger partial charge in [0.25, 0.3) is 5.56 Å². The molecule has 0 radical (unpaired) electrons. The van der Waals surface area contributed by atoms with E-state index < -0.39 is 17.8 Å². The summed E-state index contributed by atoms with van der Waals surface area (Å²) < 4.78 is 10.9. The Balaban J connectivity index is 1.82. The Bertz CT molecular complexity index is 1250. The second-order valence-corrected chi connectivity index (χ2v) is 8.32. The fraction of sp³-hybridized carbons (Fsp3) is 0.250. The number of para-hydroxylation sites is 1. The normalized spacial score (nSPS) is 10.7. The van der Waals surface area contributed by atoms with E-state index in [2.05, 4.69) is 10.3 Å². The number of carbonyl (C=O) groups is 3. The van der Waals surface area contributed by atoms with Gasteiger partial charge < -0.3 is 14.8 Å². The average molecular weight is 462 g/mol. The SMILES string of the molecule is COC(=O)c1sc(NC(=O)CSc2nc3ccccc3c(=O)n2C)c(C(=O)OC)c1C. The zero-order valence-corrected chi connectivity index (χ0v) is 18.8. The maximum atomic E-state index is 12.6. The molecule has 1 aromatic carbocycles. The molecule has 1 N–H and O–H groups in total. The molecule has 0 fully saturated rings. The summed E-state index contributed by atoms with van der Waals surface area (Å²) in [6.45, 7) is 1.58. The molecule has 0 spiro atoms. The highest BCUT2D eigenvalue weighted by atomic mass is 32.2. The van der Waals surface area contributed by atoms with Gasteiger partial charge in [-0.2, -0.15) is 0 Å². The van der Waals surface area contributed by atoms with Gasteiger partial charge in [-0.05, 0) is 24.6 Å². The molecule has 0 atom stereocenters. The molecule has 31 heavy (non-hydrogen) atoms. The molecule has 2 aromatic heterocycles. The fourth-order valence-corrected chi connectivity index (χ4v) is 4.76. The number of nitrogens with zero attached hydrogens (tertiary/aromatic N) is 2. The fourth-order valence-electron chi connectivity index (χ4n) is 2.86. The van der Waals surface area contributed by atoms with E-state index in [4.69, 9.17) is 9.47 Å². The number of benzene rings is 1. The van der Waals surface area contributed by atoms with Crippen molar-refractivity contribution in [2.75, 3.05) is 25.3 Å². The van der Waals surface area contributed by atoms with E-state index >= 15 is 0 Å². The number of amides is 1. The summed E-state index contributed by atoms with van der Waals surface area (Å²) >= 11 is 2.01. The maximum absolute atomic E-state index is 12.6. The van der Waals surface area contributed by atoms with E-state index in [1.807, 2.05) is 0 Å². The molecule has 0 aliphatic carbocycles. The number of thioether (sulfide) groups is 1. The molecule has 0 saturated carbocycles. The Labute approximate surface area is 185 Å². The van der Waals surface area contributed by atoms with E-state index in [9.17, 15) is 19.2 Å². The summed E-state index contributed by atoms with van der Waals surface area (Å²) in [5.41, 5.74) is 0.795. The van der Waals surface area contributed by atoms with Gasteiger partial charge in [0, 0.05) is 7.05 Å². The summed E-state index contributed by atoms with van der Waals surface area (Å²) in [5.74, 6) is -1.79.